The number of nitrogens with one attached hydrogen (secondary N) is 1. The number of aromatic nitrogens is 4. The van der Waals surface area contributed by atoms with E-state index in [0.717, 1.165) is 11.4 Å². The zero-order valence-electron chi connectivity index (χ0n) is 13.9. The van der Waals surface area contributed by atoms with Crippen molar-refractivity contribution in [2.75, 3.05) is 17.3 Å². The van der Waals surface area contributed by atoms with Crippen molar-refractivity contribution in [2.24, 2.45) is 0 Å². The summed E-state index contributed by atoms with van der Waals surface area (Å²) in [6.07, 6.45) is -4.62. The Bertz CT molecular complexity index is 887. The largest absolute Gasteiger partial charge is 0.453 e. The Morgan fingerprint density at radius 2 is 1.88 bits per heavy atom. The Balaban J connectivity index is 1.92. The summed E-state index contributed by atoms with van der Waals surface area (Å²) in [5, 5.41) is 13.6. The highest BCUT2D eigenvalue weighted by molar-refractivity contribution is 5.63. The predicted molar refractivity (Wildman–Crippen MR) is 89.0 cm³/mol. The van der Waals surface area contributed by atoms with E-state index < -0.39 is 12.0 Å². The van der Waals surface area contributed by atoms with Crippen molar-refractivity contribution in [1.82, 2.24) is 19.8 Å². The fourth-order valence-corrected chi connectivity index (χ4v) is 2.28. The topological polar surface area (TPSA) is 58.3 Å². The number of rotatable bonds is 4. The molecule has 6 nitrogen and oxygen atoms in total. The van der Waals surface area contributed by atoms with Gasteiger partial charge in [0.05, 0.1) is 0 Å². The standard InChI is InChI=1S/C16H17F3N6/c1-10(2)24(3)12-6-4-5-11(9-12)20-13-7-8-14-21-22-15(16(17,18)19)25(14)23-13/h4-10H,1-3H3,(H,20,23). The molecule has 0 radical (unpaired) electrons. The van der Waals surface area contributed by atoms with E-state index in [1.54, 1.807) is 6.07 Å². The first-order valence-corrected chi connectivity index (χ1v) is 7.65. The van der Waals surface area contributed by atoms with Crippen molar-refractivity contribution in [3.8, 4) is 0 Å². The fraction of sp³-hybridized carbons (Fsp3) is 0.312. The van der Waals surface area contributed by atoms with Gasteiger partial charge in [0, 0.05) is 24.5 Å². The predicted octanol–water partition coefficient (Wildman–Crippen LogP) is 3.73. The lowest BCUT2D eigenvalue weighted by atomic mass is 10.2. The Hall–Kier alpha value is -2.84. The number of halogens is 3. The molecule has 9 heteroatoms. The molecular weight excluding hydrogens is 333 g/mol. The van der Waals surface area contributed by atoms with E-state index in [-0.39, 0.29) is 11.5 Å². The van der Waals surface area contributed by atoms with Gasteiger partial charge in [-0.15, -0.1) is 15.3 Å². The quantitative estimate of drug-likeness (QED) is 0.777. The van der Waals surface area contributed by atoms with Crippen LogP contribution >= 0.6 is 0 Å². The average molecular weight is 350 g/mol. The van der Waals surface area contributed by atoms with Gasteiger partial charge < -0.3 is 10.2 Å². The number of anilines is 3. The van der Waals surface area contributed by atoms with E-state index in [0.29, 0.717) is 10.6 Å². The van der Waals surface area contributed by atoms with Gasteiger partial charge in [0.2, 0.25) is 0 Å². The number of hydrogen-bond acceptors (Lipinski definition) is 5. The molecule has 0 aliphatic heterocycles. The monoisotopic (exact) mass is 350 g/mol. The van der Waals surface area contributed by atoms with Gasteiger partial charge in [-0.25, -0.2) is 0 Å². The summed E-state index contributed by atoms with van der Waals surface area (Å²) in [5.41, 5.74) is 1.74. The van der Waals surface area contributed by atoms with E-state index >= 15 is 0 Å². The first-order chi connectivity index (χ1) is 11.8. The van der Waals surface area contributed by atoms with Crippen molar-refractivity contribution in [3.63, 3.8) is 0 Å². The Morgan fingerprint density at radius 3 is 2.56 bits per heavy atom. The molecule has 1 N–H and O–H groups in total. The van der Waals surface area contributed by atoms with Crippen LogP contribution in [0.25, 0.3) is 5.65 Å². The molecule has 3 aromatic rings. The highest BCUT2D eigenvalue weighted by atomic mass is 19.4. The number of nitrogens with zero attached hydrogens (tertiary/aromatic N) is 5. The summed E-state index contributed by atoms with van der Waals surface area (Å²) < 4.78 is 39.5. The van der Waals surface area contributed by atoms with E-state index in [9.17, 15) is 13.2 Å². The van der Waals surface area contributed by atoms with Crippen molar-refractivity contribution in [3.05, 3.63) is 42.2 Å². The minimum atomic E-state index is -4.62. The first-order valence-electron chi connectivity index (χ1n) is 7.65. The summed E-state index contributed by atoms with van der Waals surface area (Å²) in [7, 11) is 1.97. The zero-order chi connectivity index (χ0) is 18.2. The fourth-order valence-electron chi connectivity index (χ4n) is 2.28. The third-order valence-corrected chi connectivity index (χ3v) is 3.82. The molecule has 2 heterocycles. The van der Waals surface area contributed by atoms with Crippen molar-refractivity contribution in [1.29, 1.82) is 0 Å². The molecule has 0 aliphatic carbocycles. The van der Waals surface area contributed by atoms with Crippen LogP contribution in [-0.4, -0.2) is 32.9 Å². The third-order valence-electron chi connectivity index (χ3n) is 3.82. The molecule has 0 bridgehead atoms. The number of hydrogen-bond donors (Lipinski definition) is 1. The van der Waals surface area contributed by atoms with Gasteiger partial charge in [-0.05, 0) is 44.2 Å². The maximum atomic E-state index is 12.9. The van der Waals surface area contributed by atoms with Gasteiger partial charge in [-0.3, -0.25) is 0 Å². The summed E-state index contributed by atoms with van der Waals surface area (Å²) in [5.74, 6) is -0.887. The van der Waals surface area contributed by atoms with E-state index in [2.05, 4.69) is 39.4 Å². The van der Waals surface area contributed by atoms with Crippen LogP contribution in [0.2, 0.25) is 0 Å². The van der Waals surface area contributed by atoms with Crippen molar-refractivity contribution in [2.45, 2.75) is 26.1 Å². The summed E-state index contributed by atoms with van der Waals surface area (Å²) in [6.45, 7) is 4.14. The van der Waals surface area contributed by atoms with Crippen LogP contribution in [0, 0.1) is 0 Å². The summed E-state index contributed by atoms with van der Waals surface area (Å²) >= 11 is 0. The van der Waals surface area contributed by atoms with Crippen LogP contribution in [0.1, 0.15) is 19.7 Å². The third kappa shape index (κ3) is 3.49. The van der Waals surface area contributed by atoms with E-state index in [4.69, 9.17) is 0 Å². The van der Waals surface area contributed by atoms with Crippen LogP contribution in [0.5, 0.6) is 0 Å². The number of benzene rings is 1. The minimum absolute atomic E-state index is 0.0335. The normalized spacial score (nSPS) is 12.0. The molecule has 0 fully saturated rings. The molecule has 0 amide bonds. The molecule has 0 spiro atoms. The molecule has 0 atom stereocenters. The maximum Gasteiger partial charge on any atom is 0.453 e. The molecule has 132 valence electrons. The summed E-state index contributed by atoms with van der Waals surface area (Å²) in [6, 6.07) is 10.9. The Labute approximate surface area is 142 Å². The van der Waals surface area contributed by atoms with Gasteiger partial charge in [-0.1, -0.05) is 6.07 Å². The lowest BCUT2D eigenvalue weighted by Gasteiger charge is -2.24. The minimum Gasteiger partial charge on any atom is -0.372 e. The van der Waals surface area contributed by atoms with Crippen LogP contribution in [0.4, 0.5) is 30.4 Å². The van der Waals surface area contributed by atoms with Crippen LogP contribution in [0.15, 0.2) is 36.4 Å². The van der Waals surface area contributed by atoms with Crippen LogP contribution in [-0.2, 0) is 6.18 Å². The number of fused-ring (bicyclic) bond motifs is 1. The lowest BCUT2D eigenvalue weighted by Crippen LogP contribution is -2.25. The molecule has 2 aromatic heterocycles. The van der Waals surface area contributed by atoms with Gasteiger partial charge in [0.25, 0.3) is 5.82 Å². The number of alkyl halides is 3. The van der Waals surface area contributed by atoms with Gasteiger partial charge in [-0.2, -0.15) is 17.7 Å². The lowest BCUT2D eigenvalue weighted by molar-refractivity contribution is -0.146. The second-order valence-corrected chi connectivity index (χ2v) is 5.89. The highest BCUT2D eigenvalue weighted by Gasteiger charge is 2.37. The highest BCUT2D eigenvalue weighted by Crippen LogP contribution is 2.28. The van der Waals surface area contributed by atoms with Crippen molar-refractivity contribution < 1.29 is 13.2 Å². The first kappa shape index (κ1) is 17.0. The molecule has 0 unspecified atom stereocenters. The SMILES string of the molecule is CC(C)N(C)c1cccc(Nc2ccc3nnc(C(F)(F)F)n3n2)c1. The molecular formula is C16H17F3N6. The smallest absolute Gasteiger partial charge is 0.372 e. The van der Waals surface area contributed by atoms with Gasteiger partial charge in [0.1, 0.15) is 0 Å². The Kier molecular flexibility index (Phi) is 4.23. The van der Waals surface area contributed by atoms with Gasteiger partial charge >= 0.3 is 6.18 Å². The van der Waals surface area contributed by atoms with E-state index in [1.165, 1.54) is 6.07 Å². The molecule has 0 aliphatic rings. The zero-order valence-corrected chi connectivity index (χ0v) is 13.9. The summed E-state index contributed by atoms with van der Waals surface area (Å²) in [4.78, 5) is 2.09. The molecule has 0 saturated carbocycles. The Morgan fingerprint density at radius 1 is 1.12 bits per heavy atom. The second kappa shape index (κ2) is 6.23. The van der Waals surface area contributed by atoms with E-state index in [1.807, 2.05) is 31.3 Å². The molecule has 1 aromatic carbocycles. The molecule has 25 heavy (non-hydrogen) atoms. The van der Waals surface area contributed by atoms with Gasteiger partial charge in [0.15, 0.2) is 11.5 Å². The second-order valence-electron chi connectivity index (χ2n) is 5.89. The molecule has 0 saturated heterocycles. The maximum absolute atomic E-state index is 12.9. The van der Waals surface area contributed by atoms with Crippen molar-refractivity contribution >= 4 is 22.8 Å². The average Bonchev–Trinajstić information content (AvgIpc) is 2.97. The van der Waals surface area contributed by atoms with Crippen LogP contribution < -0.4 is 10.2 Å². The molecule has 3 rings (SSSR count). The van der Waals surface area contributed by atoms with Crippen LogP contribution in [0.3, 0.4) is 0 Å².